The second-order valence-electron chi connectivity index (χ2n) is 8.91. The van der Waals surface area contributed by atoms with E-state index in [-0.39, 0.29) is 22.1 Å². The minimum absolute atomic E-state index is 0.152. The molecule has 2 aromatic heterocycles. The average molecular weight is 513 g/mol. The zero-order valence-electron chi connectivity index (χ0n) is 19.9. The maximum Gasteiger partial charge on any atom is 0.262 e. The summed E-state index contributed by atoms with van der Waals surface area (Å²) in [6.07, 6.45) is 1.65. The molecule has 0 bridgehead atoms. The number of aryl methyl sites for hydroxylation is 1. The highest BCUT2D eigenvalue weighted by molar-refractivity contribution is 6.35. The third kappa shape index (κ3) is 5.05. The van der Waals surface area contributed by atoms with Gasteiger partial charge in [-0.25, -0.2) is 23.1 Å². The highest BCUT2D eigenvalue weighted by atomic mass is 35.5. The van der Waals surface area contributed by atoms with E-state index in [9.17, 15) is 18.3 Å². The Bertz CT molecular complexity index is 1440. The number of hydrogen-bond acceptors (Lipinski definition) is 5. The normalized spacial score (nSPS) is 12.7. The number of aromatic nitrogens is 3. The molecule has 0 saturated carbocycles. The Balaban J connectivity index is 1.84. The van der Waals surface area contributed by atoms with Gasteiger partial charge in [-0.3, -0.25) is 4.98 Å². The van der Waals surface area contributed by atoms with E-state index < -0.39 is 23.9 Å². The van der Waals surface area contributed by atoms with Gasteiger partial charge in [-0.1, -0.05) is 36.4 Å². The van der Waals surface area contributed by atoms with Crippen LogP contribution in [0.15, 0.2) is 55.4 Å². The molecule has 0 spiro atoms. The molecule has 0 unspecified atom stereocenters. The Hall–Kier alpha value is -3.49. The topological polar surface area (TPSA) is 70.9 Å². The smallest absolute Gasteiger partial charge is 0.262 e. The minimum atomic E-state index is -2.94. The lowest BCUT2D eigenvalue weighted by atomic mass is 10.0. The van der Waals surface area contributed by atoms with Gasteiger partial charge in [0.25, 0.3) is 6.43 Å². The van der Waals surface area contributed by atoms with Crippen molar-refractivity contribution in [2.75, 3.05) is 5.32 Å². The van der Waals surface area contributed by atoms with Gasteiger partial charge in [0.15, 0.2) is 5.82 Å². The molecule has 36 heavy (non-hydrogen) atoms. The number of halogens is 4. The quantitative estimate of drug-likeness (QED) is 0.277. The van der Waals surface area contributed by atoms with Gasteiger partial charge in [0.2, 0.25) is 0 Å². The summed E-state index contributed by atoms with van der Waals surface area (Å²) in [5, 5.41) is 13.5. The lowest BCUT2D eigenvalue weighted by Crippen LogP contribution is -2.21. The van der Waals surface area contributed by atoms with Gasteiger partial charge in [-0.2, -0.15) is 0 Å². The van der Waals surface area contributed by atoms with Crippen molar-refractivity contribution in [1.29, 1.82) is 0 Å². The van der Waals surface area contributed by atoms with Crippen molar-refractivity contribution in [3.63, 3.8) is 0 Å². The zero-order chi connectivity index (χ0) is 26.2. The number of nitrogens with zero attached hydrogens (tertiary/aromatic N) is 3. The van der Waals surface area contributed by atoms with Crippen molar-refractivity contribution in [3.05, 3.63) is 88.9 Å². The second-order valence-corrected chi connectivity index (χ2v) is 9.29. The molecule has 0 amide bonds. The molecular weight excluding hydrogens is 489 g/mol. The Morgan fingerprint density at radius 2 is 1.78 bits per heavy atom. The van der Waals surface area contributed by atoms with Crippen LogP contribution in [-0.2, 0) is 5.60 Å². The first-order valence-corrected chi connectivity index (χ1v) is 11.5. The van der Waals surface area contributed by atoms with Gasteiger partial charge in [-0.05, 0) is 56.2 Å². The SMILES string of the molecule is C=Cc1ccc(F)c([C@H](Nc2c(Cl)c(C)nc3ccc(-c4cnc(C(C)(C)O)nc4)cc23)C(F)F)c1. The molecule has 1 atom stereocenters. The lowest BCUT2D eigenvalue weighted by molar-refractivity contribution is 0.0687. The number of rotatable bonds is 7. The first-order chi connectivity index (χ1) is 17.0. The van der Waals surface area contributed by atoms with Gasteiger partial charge in [0, 0.05) is 28.9 Å². The number of hydrogen-bond donors (Lipinski definition) is 2. The lowest BCUT2D eigenvalue weighted by Gasteiger charge is -2.23. The van der Waals surface area contributed by atoms with Crippen LogP contribution in [0.4, 0.5) is 18.9 Å². The summed E-state index contributed by atoms with van der Waals surface area (Å²) in [6.45, 7) is 8.46. The predicted octanol–water partition coefficient (Wildman–Crippen LogP) is 7.08. The number of fused-ring (bicyclic) bond motifs is 1. The van der Waals surface area contributed by atoms with Crippen LogP contribution in [0.2, 0.25) is 5.02 Å². The first kappa shape index (κ1) is 25.6. The van der Waals surface area contributed by atoms with Crippen LogP contribution < -0.4 is 5.32 Å². The molecule has 0 aliphatic carbocycles. The third-order valence-corrected chi connectivity index (χ3v) is 6.23. The summed E-state index contributed by atoms with van der Waals surface area (Å²) in [4.78, 5) is 12.9. The molecule has 4 rings (SSSR count). The molecule has 186 valence electrons. The fourth-order valence-corrected chi connectivity index (χ4v) is 4.03. The van der Waals surface area contributed by atoms with Crippen LogP contribution in [-0.4, -0.2) is 26.5 Å². The standard InChI is InChI=1S/C27H24ClF3N4O/c1-5-15-6-8-20(29)18(10-15)24(25(30)31)35-23-19-11-16(7-9-21(19)34-14(2)22(23)28)17-12-32-26(33-13-17)27(3,4)36/h5-13,24-25,36H,1H2,2-4H3,(H,34,35)/t24-/m0/s1. The third-order valence-electron chi connectivity index (χ3n) is 5.77. The van der Waals surface area contributed by atoms with Crippen LogP contribution >= 0.6 is 11.6 Å². The summed E-state index contributed by atoms with van der Waals surface area (Å²) in [7, 11) is 0. The van der Waals surface area contributed by atoms with Crippen molar-refractivity contribution in [3.8, 4) is 11.1 Å². The molecule has 0 saturated heterocycles. The number of anilines is 1. The van der Waals surface area contributed by atoms with E-state index in [0.29, 0.717) is 33.3 Å². The Labute approximate surface area is 211 Å². The molecular formula is C27H24ClF3N4O. The Morgan fingerprint density at radius 3 is 2.39 bits per heavy atom. The second kappa shape index (κ2) is 9.87. The van der Waals surface area contributed by atoms with E-state index in [0.717, 1.165) is 6.07 Å². The van der Waals surface area contributed by atoms with E-state index in [4.69, 9.17) is 11.6 Å². The van der Waals surface area contributed by atoms with E-state index in [1.165, 1.54) is 18.2 Å². The van der Waals surface area contributed by atoms with E-state index in [1.807, 2.05) is 0 Å². The number of alkyl halides is 2. The number of nitrogens with one attached hydrogen (secondary N) is 1. The molecule has 4 aromatic rings. The van der Waals surface area contributed by atoms with Gasteiger partial charge in [-0.15, -0.1) is 0 Å². The summed E-state index contributed by atoms with van der Waals surface area (Å²) in [5.41, 5.74) is 1.60. The minimum Gasteiger partial charge on any atom is -0.382 e. The maximum atomic E-state index is 14.6. The average Bonchev–Trinajstić information content (AvgIpc) is 2.84. The van der Waals surface area contributed by atoms with Gasteiger partial charge >= 0.3 is 0 Å². The van der Waals surface area contributed by atoms with Crippen LogP contribution in [0.5, 0.6) is 0 Å². The van der Waals surface area contributed by atoms with Crippen molar-refractivity contribution in [2.45, 2.75) is 38.8 Å². The monoisotopic (exact) mass is 512 g/mol. The first-order valence-electron chi connectivity index (χ1n) is 11.1. The molecule has 2 heterocycles. The summed E-state index contributed by atoms with van der Waals surface area (Å²) in [5.74, 6) is -0.507. The largest absolute Gasteiger partial charge is 0.382 e. The number of pyridine rings is 1. The van der Waals surface area contributed by atoms with Crippen molar-refractivity contribution < 1.29 is 18.3 Å². The molecule has 0 radical (unpaired) electrons. The fourth-order valence-electron chi connectivity index (χ4n) is 3.84. The summed E-state index contributed by atoms with van der Waals surface area (Å²) in [6, 6.07) is 7.53. The highest BCUT2D eigenvalue weighted by Gasteiger charge is 2.28. The molecule has 2 N–H and O–H groups in total. The Kier molecular flexibility index (Phi) is 7.02. The molecule has 0 fully saturated rings. The van der Waals surface area contributed by atoms with Crippen LogP contribution in [0.1, 0.15) is 42.5 Å². The molecule has 0 aliphatic rings. The number of benzene rings is 2. The number of aliphatic hydroxyl groups is 1. The highest BCUT2D eigenvalue weighted by Crippen LogP contribution is 2.39. The van der Waals surface area contributed by atoms with Crippen molar-refractivity contribution >= 4 is 34.3 Å². The fraction of sp³-hybridized carbons (Fsp3) is 0.222. The maximum absolute atomic E-state index is 14.6. The van der Waals surface area contributed by atoms with Crippen LogP contribution in [0.3, 0.4) is 0 Å². The van der Waals surface area contributed by atoms with Crippen molar-refractivity contribution in [2.24, 2.45) is 0 Å². The zero-order valence-corrected chi connectivity index (χ0v) is 20.6. The molecule has 5 nitrogen and oxygen atoms in total. The van der Waals surface area contributed by atoms with Crippen LogP contribution in [0.25, 0.3) is 28.1 Å². The van der Waals surface area contributed by atoms with E-state index in [2.05, 4.69) is 26.8 Å². The van der Waals surface area contributed by atoms with Crippen LogP contribution in [0, 0.1) is 12.7 Å². The molecule has 9 heteroatoms. The van der Waals surface area contributed by atoms with Gasteiger partial charge < -0.3 is 10.4 Å². The molecule has 2 aromatic carbocycles. The van der Waals surface area contributed by atoms with E-state index >= 15 is 0 Å². The predicted molar refractivity (Wildman–Crippen MR) is 137 cm³/mol. The summed E-state index contributed by atoms with van der Waals surface area (Å²) >= 11 is 6.54. The van der Waals surface area contributed by atoms with Gasteiger partial charge in [0.05, 0.1) is 21.9 Å². The summed E-state index contributed by atoms with van der Waals surface area (Å²) < 4.78 is 43.1. The van der Waals surface area contributed by atoms with E-state index in [1.54, 1.807) is 51.4 Å². The Morgan fingerprint density at radius 1 is 1.08 bits per heavy atom. The molecule has 0 aliphatic heterocycles. The van der Waals surface area contributed by atoms with Crippen molar-refractivity contribution in [1.82, 2.24) is 15.0 Å². The van der Waals surface area contributed by atoms with Gasteiger partial charge in [0.1, 0.15) is 17.5 Å².